The maximum absolute atomic E-state index is 14.3. The normalized spacial score (nSPS) is 26.6. The van der Waals surface area contributed by atoms with Crippen LogP contribution in [0.3, 0.4) is 0 Å². The number of nitrogens with one attached hydrogen (secondary N) is 3. The van der Waals surface area contributed by atoms with Crippen molar-refractivity contribution in [3.8, 4) is 5.75 Å². The molecule has 3 fully saturated rings. The van der Waals surface area contributed by atoms with E-state index in [0.29, 0.717) is 30.0 Å². The van der Waals surface area contributed by atoms with E-state index in [1.807, 2.05) is 0 Å². The number of rotatable bonds is 12. The van der Waals surface area contributed by atoms with Gasteiger partial charge in [0.25, 0.3) is 0 Å². The molecular formula is C33H43N3O3S. The Labute approximate surface area is 239 Å². The molecule has 1 saturated carbocycles. The van der Waals surface area contributed by atoms with Crippen LogP contribution in [-0.4, -0.2) is 51.0 Å². The first-order valence-electron chi connectivity index (χ1n) is 15.2. The van der Waals surface area contributed by atoms with Gasteiger partial charge in [0.2, 0.25) is 0 Å². The molecule has 0 spiro atoms. The molecule has 6 rings (SSSR count). The molecule has 3 aliphatic rings. The Morgan fingerprint density at radius 2 is 1.73 bits per heavy atom. The van der Waals surface area contributed by atoms with Crippen molar-refractivity contribution in [2.24, 2.45) is 5.92 Å². The fourth-order valence-corrected chi connectivity index (χ4v) is 9.28. The minimum Gasteiger partial charge on any atom is -0.494 e. The molecule has 2 heterocycles. The molecule has 3 aromatic rings. The molecule has 2 bridgehead atoms. The van der Waals surface area contributed by atoms with E-state index in [2.05, 4.69) is 65.3 Å². The lowest BCUT2D eigenvalue weighted by atomic mass is 9.85. The molecule has 7 heteroatoms. The van der Waals surface area contributed by atoms with Gasteiger partial charge >= 0.3 is 0 Å². The van der Waals surface area contributed by atoms with Gasteiger partial charge in [0.1, 0.15) is 5.75 Å². The maximum atomic E-state index is 14.3. The standard InChI is InChI=1S/C33H43N3O3S/c1-2-3-18-39-28-14-16-29(17-15-28)40(37,38)33-31-26(22-34-27-10-6-7-11-27)20-30(36-31)32(33)35-21-23-12-13-24-8-4-5-9-25(24)19-23/h4-5,8-9,12-17,19,26-27,30-36H,2-3,6-7,10-11,18,20-22H2,1H3. The van der Waals surface area contributed by atoms with E-state index in [9.17, 15) is 8.42 Å². The third-order valence-electron chi connectivity index (χ3n) is 9.27. The number of fused-ring (bicyclic) bond motifs is 3. The summed E-state index contributed by atoms with van der Waals surface area (Å²) in [6, 6.07) is 22.4. The molecule has 6 nitrogen and oxygen atoms in total. The molecular weight excluding hydrogens is 518 g/mol. The van der Waals surface area contributed by atoms with Crippen LogP contribution in [0.5, 0.6) is 5.75 Å². The second kappa shape index (κ2) is 12.2. The Hall–Kier alpha value is -2.45. The van der Waals surface area contributed by atoms with Crippen LogP contribution < -0.4 is 20.7 Å². The highest BCUT2D eigenvalue weighted by Crippen LogP contribution is 2.40. The Balaban J connectivity index is 1.21. The first-order valence-corrected chi connectivity index (χ1v) is 16.7. The summed E-state index contributed by atoms with van der Waals surface area (Å²) in [7, 11) is -3.58. The Bertz CT molecular complexity index is 1390. The predicted molar refractivity (Wildman–Crippen MR) is 161 cm³/mol. The highest BCUT2D eigenvalue weighted by atomic mass is 32.2. The molecule has 5 atom stereocenters. The van der Waals surface area contributed by atoms with Crippen molar-refractivity contribution in [1.29, 1.82) is 0 Å². The van der Waals surface area contributed by atoms with Gasteiger partial charge < -0.3 is 20.7 Å². The molecule has 214 valence electrons. The smallest absolute Gasteiger partial charge is 0.184 e. The molecule has 3 aromatic carbocycles. The van der Waals surface area contributed by atoms with Gasteiger partial charge in [-0.3, -0.25) is 0 Å². The maximum Gasteiger partial charge on any atom is 0.184 e. The second-order valence-electron chi connectivity index (χ2n) is 12.0. The van der Waals surface area contributed by atoms with Gasteiger partial charge in [0.15, 0.2) is 9.84 Å². The lowest BCUT2D eigenvalue weighted by Gasteiger charge is -2.35. The van der Waals surface area contributed by atoms with Gasteiger partial charge in [0.05, 0.1) is 16.8 Å². The molecule has 2 saturated heterocycles. The van der Waals surface area contributed by atoms with Crippen molar-refractivity contribution >= 4 is 20.6 Å². The second-order valence-corrected chi connectivity index (χ2v) is 14.1. The van der Waals surface area contributed by atoms with Crippen LogP contribution >= 0.6 is 0 Å². The van der Waals surface area contributed by atoms with Gasteiger partial charge in [-0.15, -0.1) is 0 Å². The van der Waals surface area contributed by atoms with Crippen molar-refractivity contribution in [2.45, 2.75) is 92.7 Å². The van der Waals surface area contributed by atoms with E-state index < -0.39 is 15.1 Å². The number of ether oxygens (including phenoxy) is 1. The zero-order valence-electron chi connectivity index (χ0n) is 23.5. The lowest BCUT2D eigenvalue weighted by molar-refractivity contribution is 0.309. The fraction of sp³-hybridized carbons (Fsp3) is 0.515. The van der Waals surface area contributed by atoms with E-state index in [4.69, 9.17) is 4.74 Å². The SMILES string of the molecule is CCCCOc1ccc(S(=O)(=O)C2C3NC(CC3CNC3CCCC3)C2NCc2ccc3ccccc3c2)cc1. The summed E-state index contributed by atoms with van der Waals surface area (Å²) in [5, 5.41) is 13.1. The zero-order chi connectivity index (χ0) is 27.5. The summed E-state index contributed by atoms with van der Waals surface area (Å²) in [5.41, 5.74) is 1.17. The Morgan fingerprint density at radius 1 is 0.950 bits per heavy atom. The molecule has 40 heavy (non-hydrogen) atoms. The molecule has 0 radical (unpaired) electrons. The first kappa shape index (κ1) is 27.7. The fourth-order valence-electron chi connectivity index (χ4n) is 7.09. The van der Waals surface area contributed by atoms with Gasteiger partial charge in [0, 0.05) is 30.7 Å². The zero-order valence-corrected chi connectivity index (χ0v) is 24.3. The molecule has 0 amide bonds. The molecule has 5 unspecified atom stereocenters. The average molecular weight is 562 g/mol. The minimum absolute atomic E-state index is 0.0708. The first-order chi connectivity index (χ1) is 19.5. The van der Waals surface area contributed by atoms with Crippen molar-refractivity contribution in [1.82, 2.24) is 16.0 Å². The van der Waals surface area contributed by atoms with Gasteiger partial charge in [-0.1, -0.05) is 62.6 Å². The molecule has 2 aliphatic heterocycles. The minimum atomic E-state index is -3.58. The van der Waals surface area contributed by atoms with E-state index in [0.717, 1.165) is 31.6 Å². The van der Waals surface area contributed by atoms with Crippen molar-refractivity contribution in [3.05, 3.63) is 72.3 Å². The van der Waals surface area contributed by atoms with Crippen LogP contribution in [0.2, 0.25) is 0 Å². The third kappa shape index (κ3) is 5.80. The van der Waals surface area contributed by atoms with Crippen LogP contribution in [0.15, 0.2) is 71.6 Å². The quantitative estimate of drug-likeness (QED) is 0.264. The van der Waals surface area contributed by atoms with E-state index in [1.54, 1.807) is 24.3 Å². The number of sulfone groups is 1. The average Bonchev–Trinajstić information content (AvgIpc) is 3.72. The van der Waals surface area contributed by atoms with E-state index in [-0.39, 0.29) is 18.1 Å². The molecule has 1 aliphatic carbocycles. The highest BCUT2D eigenvalue weighted by molar-refractivity contribution is 7.92. The van der Waals surface area contributed by atoms with Crippen LogP contribution in [0.4, 0.5) is 0 Å². The van der Waals surface area contributed by atoms with E-state index in [1.165, 1.54) is 42.0 Å². The molecule has 3 N–H and O–H groups in total. The summed E-state index contributed by atoms with van der Waals surface area (Å²) >= 11 is 0. The Morgan fingerprint density at radius 3 is 2.50 bits per heavy atom. The summed E-state index contributed by atoms with van der Waals surface area (Å²) in [6.07, 6.45) is 8.10. The van der Waals surface area contributed by atoms with Crippen LogP contribution in [0.25, 0.3) is 10.8 Å². The Kier molecular flexibility index (Phi) is 8.45. The number of unbranched alkanes of at least 4 members (excludes halogenated alkanes) is 1. The molecule has 0 aromatic heterocycles. The van der Waals surface area contributed by atoms with Crippen LogP contribution in [0, 0.1) is 5.92 Å². The summed E-state index contributed by atoms with van der Waals surface area (Å²) < 4.78 is 34.3. The monoisotopic (exact) mass is 561 g/mol. The third-order valence-corrected chi connectivity index (χ3v) is 11.5. The van der Waals surface area contributed by atoms with Gasteiger partial charge in [-0.05, 0) is 84.8 Å². The van der Waals surface area contributed by atoms with Crippen LogP contribution in [-0.2, 0) is 16.4 Å². The number of benzene rings is 3. The predicted octanol–water partition coefficient (Wildman–Crippen LogP) is 5.21. The van der Waals surface area contributed by atoms with E-state index >= 15 is 0 Å². The van der Waals surface area contributed by atoms with Gasteiger partial charge in [-0.2, -0.15) is 0 Å². The summed E-state index contributed by atoms with van der Waals surface area (Å²) in [5.74, 6) is 1.03. The van der Waals surface area contributed by atoms with Crippen molar-refractivity contribution < 1.29 is 13.2 Å². The van der Waals surface area contributed by atoms with Gasteiger partial charge in [-0.25, -0.2) is 8.42 Å². The largest absolute Gasteiger partial charge is 0.494 e. The van der Waals surface area contributed by atoms with Crippen molar-refractivity contribution in [3.63, 3.8) is 0 Å². The summed E-state index contributed by atoms with van der Waals surface area (Å²) in [6.45, 7) is 4.30. The topological polar surface area (TPSA) is 79.5 Å². The van der Waals surface area contributed by atoms with Crippen LogP contribution in [0.1, 0.15) is 57.4 Å². The van der Waals surface area contributed by atoms with Crippen molar-refractivity contribution in [2.75, 3.05) is 13.2 Å². The number of hydrogen-bond donors (Lipinski definition) is 3. The lowest BCUT2D eigenvalue weighted by Crippen LogP contribution is -2.54. The number of hydrogen-bond acceptors (Lipinski definition) is 6. The summed E-state index contributed by atoms with van der Waals surface area (Å²) in [4.78, 5) is 0.384. The highest BCUT2D eigenvalue weighted by Gasteiger charge is 2.57.